The topological polar surface area (TPSA) is 73.0 Å². The Labute approximate surface area is 97.7 Å². The number of hydrogen-bond acceptors (Lipinski definition) is 4. The van der Waals surface area contributed by atoms with E-state index in [1.165, 1.54) is 10.7 Å². The summed E-state index contributed by atoms with van der Waals surface area (Å²) in [6, 6.07) is 1.29. The van der Waals surface area contributed by atoms with E-state index >= 15 is 0 Å². The Morgan fingerprint density at radius 3 is 2.88 bits per heavy atom. The highest BCUT2D eigenvalue weighted by molar-refractivity contribution is 6.29. The van der Waals surface area contributed by atoms with Gasteiger partial charge in [-0.05, 0) is 36.8 Å². The van der Waals surface area contributed by atoms with Crippen molar-refractivity contribution in [1.82, 2.24) is 15.1 Å². The summed E-state index contributed by atoms with van der Waals surface area (Å²) >= 11 is 5.89. The van der Waals surface area contributed by atoms with Crippen LogP contribution in [0.3, 0.4) is 0 Å². The highest BCUT2D eigenvalue weighted by Crippen LogP contribution is 2.21. The fourth-order valence-electron chi connectivity index (χ4n) is 1.91. The third kappa shape index (κ3) is 2.51. The molecule has 0 bridgehead atoms. The van der Waals surface area contributed by atoms with Gasteiger partial charge in [0.05, 0.1) is 17.7 Å². The van der Waals surface area contributed by atoms with E-state index < -0.39 is 4.92 Å². The molecule has 0 spiro atoms. The molecule has 0 aromatic carbocycles. The van der Waals surface area contributed by atoms with Gasteiger partial charge >= 0.3 is 5.82 Å². The Morgan fingerprint density at radius 2 is 2.31 bits per heavy atom. The number of halogens is 1. The van der Waals surface area contributed by atoms with Crippen LogP contribution in [0.25, 0.3) is 0 Å². The van der Waals surface area contributed by atoms with Crippen LogP contribution in [0.1, 0.15) is 12.8 Å². The van der Waals surface area contributed by atoms with Gasteiger partial charge in [-0.25, -0.2) is 0 Å². The van der Waals surface area contributed by atoms with Crippen LogP contribution >= 0.6 is 11.6 Å². The molecule has 88 valence electrons. The number of rotatable bonds is 3. The number of nitrogens with zero attached hydrogens (tertiary/aromatic N) is 3. The SMILES string of the molecule is O=[N+]([O-])c1cc(Cl)n(CC2CCNCC2)n1. The highest BCUT2D eigenvalue weighted by Gasteiger charge is 2.21. The predicted molar refractivity (Wildman–Crippen MR) is 59.5 cm³/mol. The molecular weight excluding hydrogens is 232 g/mol. The van der Waals surface area contributed by atoms with E-state index in [-0.39, 0.29) is 5.82 Å². The first kappa shape index (κ1) is 11.3. The average molecular weight is 245 g/mol. The van der Waals surface area contributed by atoms with Crippen LogP contribution in [-0.2, 0) is 6.54 Å². The van der Waals surface area contributed by atoms with Crippen LogP contribution in [0.15, 0.2) is 6.07 Å². The summed E-state index contributed by atoms with van der Waals surface area (Å²) in [6.07, 6.45) is 2.12. The second-order valence-electron chi connectivity index (χ2n) is 3.96. The van der Waals surface area contributed by atoms with Gasteiger partial charge in [-0.1, -0.05) is 11.6 Å². The summed E-state index contributed by atoms with van der Waals surface area (Å²) in [4.78, 5) is 10.00. The first-order valence-corrected chi connectivity index (χ1v) is 5.63. The molecule has 1 aromatic heterocycles. The van der Waals surface area contributed by atoms with E-state index in [0.29, 0.717) is 17.6 Å². The molecule has 0 aliphatic carbocycles. The van der Waals surface area contributed by atoms with E-state index in [0.717, 1.165) is 25.9 Å². The second-order valence-corrected chi connectivity index (χ2v) is 4.35. The Kier molecular flexibility index (Phi) is 3.40. The zero-order valence-corrected chi connectivity index (χ0v) is 9.48. The quantitative estimate of drug-likeness (QED) is 0.645. The zero-order valence-electron chi connectivity index (χ0n) is 8.73. The van der Waals surface area contributed by atoms with Gasteiger partial charge in [-0.3, -0.25) is 0 Å². The van der Waals surface area contributed by atoms with Gasteiger partial charge in [-0.15, -0.1) is 0 Å². The number of aromatic nitrogens is 2. The Morgan fingerprint density at radius 1 is 1.62 bits per heavy atom. The molecule has 0 unspecified atom stereocenters. The molecule has 1 aromatic rings. The number of piperidine rings is 1. The van der Waals surface area contributed by atoms with Gasteiger partial charge in [0.25, 0.3) is 0 Å². The van der Waals surface area contributed by atoms with Crippen molar-refractivity contribution in [3.8, 4) is 0 Å². The van der Waals surface area contributed by atoms with Crippen LogP contribution in [0.4, 0.5) is 5.82 Å². The monoisotopic (exact) mass is 244 g/mol. The van der Waals surface area contributed by atoms with E-state index in [1.54, 1.807) is 0 Å². The summed E-state index contributed by atoms with van der Waals surface area (Å²) < 4.78 is 1.52. The lowest BCUT2D eigenvalue weighted by molar-refractivity contribution is -0.389. The van der Waals surface area contributed by atoms with E-state index in [2.05, 4.69) is 10.4 Å². The third-order valence-corrected chi connectivity index (χ3v) is 3.10. The first-order valence-electron chi connectivity index (χ1n) is 5.25. The summed E-state index contributed by atoms with van der Waals surface area (Å²) in [5.74, 6) is 0.317. The maximum atomic E-state index is 10.5. The van der Waals surface area contributed by atoms with Crippen molar-refractivity contribution in [2.75, 3.05) is 13.1 Å². The largest absolute Gasteiger partial charge is 0.391 e. The minimum Gasteiger partial charge on any atom is -0.358 e. The molecule has 0 radical (unpaired) electrons. The zero-order chi connectivity index (χ0) is 11.5. The maximum Gasteiger partial charge on any atom is 0.391 e. The van der Waals surface area contributed by atoms with Crippen molar-refractivity contribution < 1.29 is 4.92 Å². The number of nitrogens with one attached hydrogen (secondary N) is 1. The summed E-state index contributed by atoms with van der Waals surface area (Å²) in [5.41, 5.74) is 0. The van der Waals surface area contributed by atoms with Crippen LogP contribution in [-0.4, -0.2) is 27.8 Å². The summed E-state index contributed by atoms with van der Waals surface area (Å²) in [7, 11) is 0. The Hall–Kier alpha value is -1.14. The van der Waals surface area contributed by atoms with Crippen molar-refractivity contribution in [3.05, 3.63) is 21.3 Å². The minimum absolute atomic E-state index is 0.182. The molecule has 0 amide bonds. The first-order chi connectivity index (χ1) is 7.66. The van der Waals surface area contributed by atoms with E-state index in [1.807, 2.05) is 0 Å². The minimum atomic E-state index is -0.523. The van der Waals surface area contributed by atoms with Crippen LogP contribution in [0.2, 0.25) is 5.15 Å². The van der Waals surface area contributed by atoms with Gasteiger partial charge in [0.15, 0.2) is 5.15 Å². The normalized spacial score (nSPS) is 17.6. The molecule has 0 saturated carbocycles. The fourth-order valence-corrected chi connectivity index (χ4v) is 2.11. The lowest BCUT2D eigenvalue weighted by Crippen LogP contribution is -2.30. The fraction of sp³-hybridized carbons (Fsp3) is 0.667. The lowest BCUT2D eigenvalue weighted by Gasteiger charge is -2.21. The smallest absolute Gasteiger partial charge is 0.358 e. The van der Waals surface area contributed by atoms with Crippen LogP contribution in [0, 0.1) is 16.0 Å². The van der Waals surface area contributed by atoms with Crippen molar-refractivity contribution >= 4 is 17.4 Å². The molecule has 1 aliphatic heterocycles. The summed E-state index contributed by atoms with van der Waals surface area (Å²) in [6.45, 7) is 2.64. The third-order valence-electron chi connectivity index (χ3n) is 2.79. The molecule has 7 heteroatoms. The molecule has 1 aliphatic rings. The van der Waals surface area contributed by atoms with Gasteiger partial charge < -0.3 is 15.4 Å². The predicted octanol–water partition coefficient (Wildman–Crippen LogP) is 1.44. The lowest BCUT2D eigenvalue weighted by atomic mass is 9.98. The molecule has 2 heterocycles. The van der Waals surface area contributed by atoms with E-state index in [4.69, 9.17) is 11.6 Å². The van der Waals surface area contributed by atoms with Crippen LogP contribution in [0.5, 0.6) is 0 Å². The van der Waals surface area contributed by atoms with Crippen molar-refractivity contribution in [1.29, 1.82) is 0 Å². The highest BCUT2D eigenvalue weighted by atomic mass is 35.5. The van der Waals surface area contributed by atoms with Gasteiger partial charge in [0.1, 0.15) is 0 Å². The van der Waals surface area contributed by atoms with Crippen molar-refractivity contribution in [3.63, 3.8) is 0 Å². The number of nitro groups is 1. The van der Waals surface area contributed by atoms with Gasteiger partial charge in [0.2, 0.25) is 0 Å². The molecule has 2 rings (SSSR count). The Bertz CT molecular complexity index is 387. The molecule has 0 atom stereocenters. The van der Waals surface area contributed by atoms with Crippen molar-refractivity contribution in [2.45, 2.75) is 19.4 Å². The molecular formula is C9H13ClN4O2. The Balaban J connectivity index is 2.05. The van der Waals surface area contributed by atoms with Gasteiger partial charge in [0, 0.05) is 0 Å². The average Bonchev–Trinajstić information content (AvgIpc) is 2.62. The molecule has 16 heavy (non-hydrogen) atoms. The van der Waals surface area contributed by atoms with E-state index in [9.17, 15) is 10.1 Å². The summed E-state index contributed by atoms with van der Waals surface area (Å²) in [5, 5.41) is 18.0. The molecule has 1 N–H and O–H groups in total. The second kappa shape index (κ2) is 4.80. The molecule has 1 saturated heterocycles. The van der Waals surface area contributed by atoms with Crippen LogP contribution < -0.4 is 5.32 Å². The van der Waals surface area contributed by atoms with Gasteiger partial charge in [-0.2, -0.15) is 4.68 Å². The molecule has 1 fully saturated rings. The van der Waals surface area contributed by atoms with Crippen molar-refractivity contribution in [2.24, 2.45) is 5.92 Å². The standard InChI is InChI=1S/C9H13ClN4O2/c10-8-5-9(14(15)16)12-13(8)6-7-1-3-11-4-2-7/h5,7,11H,1-4,6H2. The number of hydrogen-bond donors (Lipinski definition) is 1. The maximum absolute atomic E-state index is 10.5. The molecule has 6 nitrogen and oxygen atoms in total.